The van der Waals surface area contributed by atoms with Crippen molar-refractivity contribution in [2.45, 2.75) is 39.3 Å². The molecule has 2 atom stereocenters. The summed E-state index contributed by atoms with van der Waals surface area (Å²) in [5, 5.41) is 3.27. The number of amides is 1. The molecule has 3 aromatic rings. The summed E-state index contributed by atoms with van der Waals surface area (Å²) in [5.41, 5.74) is -0.152. The Hall–Kier alpha value is -3.35. The summed E-state index contributed by atoms with van der Waals surface area (Å²) in [4.78, 5) is 39.2. The van der Waals surface area contributed by atoms with E-state index in [9.17, 15) is 14.4 Å². The van der Waals surface area contributed by atoms with Crippen molar-refractivity contribution in [3.05, 3.63) is 69.4 Å². The summed E-state index contributed by atoms with van der Waals surface area (Å²) in [7, 11) is 1.54. The molecule has 1 amide bonds. The Bertz CT molecular complexity index is 1150. The van der Waals surface area contributed by atoms with Crippen LogP contribution in [0.15, 0.2) is 58.1 Å². The van der Waals surface area contributed by atoms with Gasteiger partial charge in [-0.15, -0.1) is 0 Å². The molecule has 2 aromatic carbocycles. The second-order valence-electron chi connectivity index (χ2n) is 7.00. The molecule has 1 heterocycles. The Morgan fingerprint density at radius 2 is 1.72 bits per heavy atom. The molecule has 0 aliphatic carbocycles. The van der Waals surface area contributed by atoms with Gasteiger partial charge in [-0.3, -0.25) is 14.2 Å². The van der Waals surface area contributed by atoms with Crippen molar-refractivity contribution in [1.29, 1.82) is 0 Å². The zero-order valence-corrected chi connectivity index (χ0v) is 17.0. The average Bonchev–Trinajstić information content (AvgIpc) is 2.74. The van der Waals surface area contributed by atoms with Gasteiger partial charge in [-0.25, -0.2) is 9.36 Å². The highest BCUT2D eigenvalue weighted by atomic mass is 16.5. The number of carbonyl (C=O) groups excluding carboxylic acids is 1. The number of benzene rings is 2. The summed E-state index contributed by atoms with van der Waals surface area (Å²) in [6.45, 7) is 5.54. The second-order valence-corrected chi connectivity index (χ2v) is 7.00. The van der Waals surface area contributed by atoms with E-state index in [0.717, 1.165) is 11.0 Å². The second kappa shape index (κ2) is 8.34. The van der Waals surface area contributed by atoms with E-state index in [1.807, 2.05) is 13.8 Å². The highest BCUT2D eigenvalue weighted by Crippen LogP contribution is 2.17. The molecule has 0 aliphatic heterocycles. The lowest BCUT2D eigenvalue weighted by molar-refractivity contribution is -0.124. The van der Waals surface area contributed by atoms with Crippen LogP contribution in [-0.2, 0) is 4.79 Å². The van der Waals surface area contributed by atoms with Crippen LogP contribution in [0.5, 0.6) is 5.75 Å². The van der Waals surface area contributed by atoms with Gasteiger partial charge < -0.3 is 10.1 Å². The smallest absolute Gasteiger partial charge is 0.336 e. The predicted molar refractivity (Wildman–Crippen MR) is 113 cm³/mol. The number of fused-ring (bicyclic) bond motifs is 1. The van der Waals surface area contributed by atoms with Crippen LogP contribution in [-0.4, -0.2) is 28.2 Å². The number of nitrogens with zero attached hydrogens (tertiary/aromatic N) is 2. The van der Waals surface area contributed by atoms with E-state index in [2.05, 4.69) is 5.32 Å². The third-order valence-corrected chi connectivity index (χ3v) is 5.09. The minimum atomic E-state index is -0.786. The fourth-order valence-electron chi connectivity index (χ4n) is 3.20. The molecule has 1 N–H and O–H groups in total. The minimum absolute atomic E-state index is 0.0144. The van der Waals surface area contributed by atoms with Gasteiger partial charge in [0.1, 0.15) is 11.8 Å². The van der Waals surface area contributed by atoms with Gasteiger partial charge in [0.15, 0.2) is 0 Å². The van der Waals surface area contributed by atoms with Crippen molar-refractivity contribution < 1.29 is 9.53 Å². The molecule has 7 heteroatoms. The Morgan fingerprint density at radius 3 is 2.34 bits per heavy atom. The van der Waals surface area contributed by atoms with Crippen LogP contribution >= 0.6 is 0 Å². The molecular formula is C22H25N3O4. The monoisotopic (exact) mass is 395 g/mol. The van der Waals surface area contributed by atoms with E-state index in [1.54, 1.807) is 62.6 Å². The summed E-state index contributed by atoms with van der Waals surface area (Å²) in [6, 6.07) is 12.7. The maximum Gasteiger partial charge on any atom is 0.336 e. The number of hydrogen-bond acceptors (Lipinski definition) is 4. The lowest BCUT2D eigenvalue weighted by Crippen LogP contribution is -2.45. The molecule has 0 radical (unpaired) electrons. The number of rotatable bonds is 6. The Kier molecular flexibility index (Phi) is 5.87. The van der Waals surface area contributed by atoms with Gasteiger partial charge in [0.25, 0.3) is 5.56 Å². The topological polar surface area (TPSA) is 82.3 Å². The van der Waals surface area contributed by atoms with Crippen LogP contribution in [0.2, 0.25) is 0 Å². The number of hydrogen-bond donors (Lipinski definition) is 1. The lowest BCUT2D eigenvalue weighted by atomic mass is 10.2. The quantitative estimate of drug-likeness (QED) is 0.696. The van der Waals surface area contributed by atoms with Gasteiger partial charge >= 0.3 is 5.69 Å². The number of carbonyl (C=O) groups is 1. The molecule has 0 aliphatic rings. The van der Waals surface area contributed by atoms with Gasteiger partial charge in [0, 0.05) is 6.04 Å². The average molecular weight is 395 g/mol. The van der Waals surface area contributed by atoms with Crippen molar-refractivity contribution in [1.82, 2.24) is 14.5 Å². The fraction of sp³-hybridized carbons (Fsp3) is 0.318. The maximum atomic E-state index is 13.4. The molecular weight excluding hydrogens is 370 g/mol. The third-order valence-electron chi connectivity index (χ3n) is 5.09. The van der Waals surface area contributed by atoms with Crippen LogP contribution in [0, 0.1) is 0 Å². The lowest BCUT2D eigenvalue weighted by Gasteiger charge is -2.21. The summed E-state index contributed by atoms with van der Waals surface area (Å²) in [5.74, 6) is 0.343. The standard InChI is InChI=1S/C22H25N3O4/c1-5-14(2)23-20(26)15(3)24-19-9-7-6-8-18(19)21(27)25(22(24)28)16-10-12-17(29-4)13-11-16/h6-15H,5H2,1-4H3,(H,23,26). The van der Waals surface area contributed by atoms with Crippen molar-refractivity contribution in [2.24, 2.45) is 0 Å². The molecule has 0 saturated heterocycles. The van der Waals surface area contributed by atoms with Gasteiger partial charge in [-0.1, -0.05) is 19.1 Å². The molecule has 7 nitrogen and oxygen atoms in total. The van der Waals surface area contributed by atoms with E-state index in [1.165, 1.54) is 4.57 Å². The van der Waals surface area contributed by atoms with Gasteiger partial charge in [0.05, 0.1) is 23.7 Å². The number of nitrogens with one attached hydrogen (secondary N) is 1. The highest BCUT2D eigenvalue weighted by molar-refractivity contribution is 5.84. The molecule has 0 spiro atoms. The van der Waals surface area contributed by atoms with Crippen molar-refractivity contribution in [2.75, 3.05) is 7.11 Å². The summed E-state index contributed by atoms with van der Waals surface area (Å²) in [6.07, 6.45) is 0.777. The SMILES string of the molecule is CCC(C)NC(=O)C(C)n1c(=O)n(-c2ccc(OC)cc2)c(=O)c2ccccc21. The Balaban J connectivity index is 2.25. The van der Waals surface area contributed by atoms with Gasteiger partial charge in [-0.05, 0) is 56.7 Å². The molecule has 29 heavy (non-hydrogen) atoms. The number of para-hydroxylation sites is 1. The number of aromatic nitrogens is 2. The molecule has 0 fully saturated rings. The van der Waals surface area contributed by atoms with E-state index >= 15 is 0 Å². The zero-order chi connectivity index (χ0) is 21.1. The zero-order valence-electron chi connectivity index (χ0n) is 17.0. The summed E-state index contributed by atoms with van der Waals surface area (Å²) >= 11 is 0. The highest BCUT2D eigenvalue weighted by Gasteiger charge is 2.23. The molecule has 1 aromatic heterocycles. The minimum Gasteiger partial charge on any atom is -0.497 e. The Morgan fingerprint density at radius 1 is 1.07 bits per heavy atom. The summed E-state index contributed by atoms with van der Waals surface area (Å²) < 4.78 is 7.62. The number of methoxy groups -OCH3 is 1. The van der Waals surface area contributed by atoms with Crippen molar-refractivity contribution >= 4 is 16.8 Å². The normalized spacial score (nSPS) is 13.1. The van der Waals surface area contributed by atoms with Crippen LogP contribution in [0.25, 0.3) is 16.6 Å². The van der Waals surface area contributed by atoms with Crippen LogP contribution in [0.1, 0.15) is 33.2 Å². The van der Waals surface area contributed by atoms with Crippen molar-refractivity contribution in [3.63, 3.8) is 0 Å². The van der Waals surface area contributed by atoms with E-state index < -0.39 is 17.3 Å². The van der Waals surface area contributed by atoms with Crippen LogP contribution < -0.4 is 21.3 Å². The van der Waals surface area contributed by atoms with Crippen LogP contribution in [0.3, 0.4) is 0 Å². The molecule has 3 rings (SSSR count). The third kappa shape index (κ3) is 3.81. The molecule has 0 bridgehead atoms. The Labute approximate surface area is 168 Å². The van der Waals surface area contributed by atoms with Gasteiger partial charge in [-0.2, -0.15) is 0 Å². The van der Waals surface area contributed by atoms with E-state index in [-0.39, 0.29) is 11.9 Å². The van der Waals surface area contributed by atoms with E-state index in [4.69, 9.17) is 4.74 Å². The first-order valence-corrected chi connectivity index (χ1v) is 9.60. The van der Waals surface area contributed by atoms with Gasteiger partial charge in [0.2, 0.25) is 5.91 Å². The first-order valence-electron chi connectivity index (χ1n) is 9.60. The molecule has 0 saturated carbocycles. The first kappa shape index (κ1) is 20.4. The first-order chi connectivity index (χ1) is 13.9. The number of ether oxygens (including phenoxy) is 1. The predicted octanol–water partition coefficient (Wildman–Crippen LogP) is 2.64. The maximum absolute atomic E-state index is 13.4. The van der Waals surface area contributed by atoms with Crippen LogP contribution in [0.4, 0.5) is 0 Å². The van der Waals surface area contributed by atoms with Crippen molar-refractivity contribution in [3.8, 4) is 11.4 Å². The largest absolute Gasteiger partial charge is 0.497 e. The molecule has 2 unspecified atom stereocenters. The molecule has 152 valence electrons. The van der Waals surface area contributed by atoms with E-state index in [0.29, 0.717) is 22.3 Å². The fourth-order valence-corrected chi connectivity index (χ4v) is 3.20.